The van der Waals surface area contributed by atoms with Gasteiger partial charge in [-0.25, -0.2) is 4.79 Å². The lowest BCUT2D eigenvalue weighted by Gasteiger charge is -2.14. The lowest BCUT2D eigenvalue weighted by atomic mass is 10.7. The van der Waals surface area contributed by atoms with Gasteiger partial charge in [0.2, 0.25) is 4.84 Å². The van der Waals surface area contributed by atoms with Gasteiger partial charge in [0.15, 0.2) is 0 Å². The number of hydrogen-bond donors (Lipinski definition) is 0. The maximum atomic E-state index is 10.5. The standard InChI is InChI=1S/C4H4Cl4O2/c1-4(7,8)10-3(9)2(5)6/h2H,1H3. The van der Waals surface area contributed by atoms with Crippen molar-refractivity contribution in [1.29, 1.82) is 0 Å². The van der Waals surface area contributed by atoms with Crippen LogP contribution in [0.25, 0.3) is 0 Å². The van der Waals surface area contributed by atoms with Crippen LogP contribution in [0.3, 0.4) is 0 Å². The van der Waals surface area contributed by atoms with Crippen LogP contribution in [0, 0.1) is 0 Å². The molecule has 0 aliphatic rings. The van der Waals surface area contributed by atoms with E-state index in [9.17, 15) is 4.79 Å². The van der Waals surface area contributed by atoms with E-state index in [0.29, 0.717) is 0 Å². The highest BCUT2D eigenvalue weighted by atomic mass is 35.5. The molecule has 0 aliphatic carbocycles. The maximum absolute atomic E-state index is 10.5. The van der Waals surface area contributed by atoms with Gasteiger partial charge in [0.05, 0.1) is 0 Å². The maximum Gasteiger partial charge on any atom is 0.342 e. The van der Waals surface area contributed by atoms with E-state index >= 15 is 0 Å². The summed E-state index contributed by atoms with van der Waals surface area (Å²) in [5.41, 5.74) is 0. The molecule has 0 aromatic heterocycles. The SMILES string of the molecule is CC(Cl)(Cl)OC(=O)C(Cl)Cl. The molecular formula is C4H4Cl4O2. The summed E-state index contributed by atoms with van der Waals surface area (Å²) < 4.78 is 2.76. The van der Waals surface area contributed by atoms with Crippen LogP contribution in [0.4, 0.5) is 0 Å². The van der Waals surface area contributed by atoms with Crippen molar-refractivity contribution in [3.05, 3.63) is 0 Å². The smallest absolute Gasteiger partial charge is 0.342 e. The first-order chi connectivity index (χ1) is 4.33. The quantitative estimate of drug-likeness (QED) is 0.533. The third-order valence-corrected chi connectivity index (χ3v) is 0.969. The molecule has 0 radical (unpaired) electrons. The van der Waals surface area contributed by atoms with Crippen molar-refractivity contribution < 1.29 is 9.53 Å². The van der Waals surface area contributed by atoms with Gasteiger partial charge in [0.1, 0.15) is 0 Å². The van der Waals surface area contributed by atoms with Gasteiger partial charge in [-0.05, 0) is 0 Å². The minimum absolute atomic E-state index is 0.865. The number of alkyl halides is 4. The number of halogens is 4. The van der Waals surface area contributed by atoms with E-state index in [1.165, 1.54) is 6.92 Å². The highest BCUT2D eigenvalue weighted by molar-refractivity contribution is 6.53. The topological polar surface area (TPSA) is 26.3 Å². The molecule has 0 aromatic carbocycles. The second-order valence-electron chi connectivity index (χ2n) is 1.53. The molecule has 0 heterocycles. The third-order valence-electron chi connectivity index (χ3n) is 0.458. The van der Waals surface area contributed by atoms with E-state index in [2.05, 4.69) is 4.74 Å². The van der Waals surface area contributed by atoms with Gasteiger partial charge in [-0.15, -0.1) is 0 Å². The first-order valence-electron chi connectivity index (χ1n) is 2.22. The molecule has 0 fully saturated rings. The van der Waals surface area contributed by atoms with Crippen molar-refractivity contribution in [2.75, 3.05) is 0 Å². The molecule has 0 spiro atoms. The van der Waals surface area contributed by atoms with Crippen molar-refractivity contribution in [2.45, 2.75) is 16.3 Å². The highest BCUT2D eigenvalue weighted by Gasteiger charge is 2.25. The fourth-order valence-corrected chi connectivity index (χ4v) is 0.462. The van der Waals surface area contributed by atoms with E-state index in [4.69, 9.17) is 46.4 Å². The molecule has 0 rings (SSSR count). The van der Waals surface area contributed by atoms with Gasteiger partial charge in [-0.2, -0.15) is 0 Å². The van der Waals surface area contributed by atoms with E-state index in [1.54, 1.807) is 0 Å². The molecular weight excluding hydrogens is 222 g/mol. The Morgan fingerprint density at radius 2 is 1.90 bits per heavy atom. The molecule has 0 aliphatic heterocycles. The Bertz CT molecular complexity index is 128. The van der Waals surface area contributed by atoms with Crippen LogP contribution in [0.1, 0.15) is 6.92 Å². The zero-order chi connectivity index (χ0) is 8.36. The van der Waals surface area contributed by atoms with Crippen molar-refractivity contribution in [1.82, 2.24) is 0 Å². The summed E-state index contributed by atoms with van der Waals surface area (Å²) in [5, 5.41) is 0. The zero-order valence-electron chi connectivity index (χ0n) is 4.91. The number of hydrogen-bond acceptors (Lipinski definition) is 2. The largest absolute Gasteiger partial charge is 0.427 e. The molecule has 6 heteroatoms. The predicted octanol–water partition coefficient (Wildman–Crippen LogP) is 2.48. The Labute approximate surface area is 78.3 Å². The van der Waals surface area contributed by atoms with E-state index in [1.807, 2.05) is 0 Å². The molecule has 0 aromatic rings. The summed E-state index contributed by atoms with van der Waals surface area (Å²) in [4.78, 5) is 9.25. The summed E-state index contributed by atoms with van der Waals surface area (Å²) in [5.74, 6) is -0.865. The lowest BCUT2D eigenvalue weighted by molar-refractivity contribution is -0.144. The van der Waals surface area contributed by atoms with Crippen LogP contribution in [0.15, 0.2) is 0 Å². The molecule has 0 N–H and O–H groups in total. The van der Waals surface area contributed by atoms with Crippen LogP contribution < -0.4 is 0 Å². The molecule has 10 heavy (non-hydrogen) atoms. The van der Waals surface area contributed by atoms with E-state index < -0.39 is 15.3 Å². The minimum atomic E-state index is -1.57. The number of ether oxygens (including phenoxy) is 1. The van der Waals surface area contributed by atoms with Gasteiger partial charge in [-0.3, -0.25) is 0 Å². The fraction of sp³-hybridized carbons (Fsp3) is 0.750. The summed E-state index contributed by atoms with van der Waals surface area (Å²) in [7, 11) is 0. The Hall–Kier alpha value is 0.630. The van der Waals surface area contributed by atoms with E-state index in [-0.39, 0.29) is 0 Å². The lowest BCUT2D eigenvalue weighted by Crippen LogP contribution is -2.22. The number of esters is 1. The number of rotatable bonds is 2. The van der Waals surface area contributed by atoms with Gasteiger partial charge in [0, 0.05) is 6.92 Å². The van der Waals surface area contributed by atoms with Crippen LogP contribution in [0.5, 0.6) is 0 Å². The Kier molecular flexibility index (Phi) is 4.10. The number of carbonyl (C=O) groups is 1. The second-order valence-corrected chi connectivity index (χ2v) is 4.26. The normalized spacial score (nSPS) is 11.8. The van der Waals surface area contributed by atoms with Crippen LogP contribution in [-0.4, -0.2) is 15.3 Å². The summed E-state index contributed by atoms with van der Waals surface area (Å²) in [6, 6.07) is 0. The average molecular weight is 226 g/mol. The molecule has 0 saturated heterocycles. The minimum Gasteiger partial charge on any atom is -0.427 e. The van der Waals surface area contributed by atoms with Crippen LogP contribution in [-0.2, 0) is 9.53 Å². The second kappa shape index (κ2) is 3.86. The first-order valence-corrected chi connectivity index (χ1v) is 3.84. The fourth-order valence-electron chi connectivity index (χ4n) is 0.221. The van der Waals surface area contributed by atoms with Crippen molar-refractivity contribution in [3.8, 4) is 0 Å². The molecule has 60 valence electrons. The molecule has 0 atom stereocenters. The first kappa shape index (κ1) is 10.6. The van der Waals surface area contributed by atoms with Crippen molar-refractivity contribution in [2.24, 2.45) is 0 Å². The monoisotopic (exact) mass is 224 g/mol. The van der Waals surface area contributed by atoms with Crippen molar-refractivity contribution >= 4 is 52.4 Å². The molecule has 0 amide bonds. The summed E-state index contributed by atoms with van der Waals surface area (Å²) in [6.45, 7) is 1.28. The predicted molar refractivity (Wildman–Crippen MR) is 41.7 cm³/mol. The van der Waals surface area contributed by atoms with Crippen molar-refractivity contribution in [3.63, 3.8) is 0 Å². The Morgan fingerprint density at radius 3 is 2.00 bits per heavy atom. The molecule has 0 unspecified atom stereocenters. The van der Waals surface area contributed by atoms with Gasteiger partial charge in [-0.1, -0.05) is 46.4 Å². The van der Waals surface area contributed by atoms with Crippen LogP contribution in [0.2, 0.25) is 0 Å². The average Bonchev–Trinajstić information content (AvgIpc) is 1.60. The van der Waals surface area contributed by atoms with Crippen LogP contribution >= 0.6 is 46.4 Å². The summed E-state index contributed by atoms with van der Waals surface area (Å²) in [6.07, 6.45) is 0. The Balaban J connectivity index is 3.81. The van der Waals surface area contributed by atoms with Gasteiger partial charge in [0.25, 0.3) is 4.52 Å². The third kappa shape index (κ3) is 5.42. The van der Waals surface area contributed by atoms with Gasteiger partial charge >= 0.3 is 5.97 Å². The molecule has 0 bridgehead atoms. The zero-order valence-corrected chi connectivity index (χ0v) is 7.93. The summed E-state index contributed by atoms with van der Waals surface area (Å²) >= 11 is 20.8. The number of carbonyl (C=O) groups excluding carboxylic acids is 1. The van der Waals surface area contributed by atoms with Gasteiger partial charge < -0.3 is 4.74 Å². The highest BCUT2D eigenvalue weighted by Crippen LogP contribution is 2.23. The van der Waals surface area contributed by atoms with E-state index in [0.717, 1.165) is 0 Å². The molecule has 2 nitrogen and oxygen atoms in total. The Morgan fingerprint density at radius 1 is 1.50 bits per heavy atom. The molecule has 0 saturated carbocycles.